The van der Waals surface area contributed by atoms with Gasteiger partial charge in [-0.1, -0.05) is 36.4 Å². The minimum Gasteiger partial charge on any atom is -0.475 e. The van der Waals surface area contributed by atoms with Crippen molar-refractivity contribution < 1.29 is 4.74 Å². The van der Waals surface area contributed by atoms with Crippen LogP contribution in [-0.2, 0) is 11.2 Å². The van der Waals surface area contributed by atoms with Gasteiger partial charge in [-0.2, -0.15) is 0 Å². The highest BCUT2D eigenvalue weighted by Gasteiger charge is 2.28. The largest absolute Gasteiger partial charge is 0.475 e. The summed E-state index contributed by atoms with van der Waals surface area (Å²) in [7, 11) is 0. The van der Waals surface area contributed by atoms with E-state index in [4.69, 9.17) is 9.73 Å². The van der Waals surface area contributed by atoms with Crippen LogP contribution >= 0.6 is 11.8 Å². The smallest absolute Gasteiger partial charge is 0.217 e. The van der Waals surface area contributed by atoms with Gasteiger partial charge in [0, 0.05) is 10.5 Å². The van der Waals surface area contributed by atoms with E-state index < -0.39 is 0 Å². The van der Waals surface area contributed by atoms with Crippen molar-refractivity contribution in [2.24, 2.45) is 4.99 Å². The molecule has 1 aliphatic rings. The summed E-state index contributed by atoms with van der Waals surface area (Å²) in [5, 5.41) is 0. The first-order chi connectivity index (χ1) is 10.6. The molecule has 0 atom stereocenters. The fraction of sp³-hybridized carbons (Fsp3) is 0.316. The van der Waals surface area contributed by atoms with Gasteiger partial charge in [-0.3, -0.25) is 0 Å². The van der Waals surface area contributed by atoms with Crippen LogP contribution in [0.1, 0.15) is 30.5 Å². The molecule has 2 aromatic rings. The van der Waals surface area contributed by atoms with E-state index >= 15 is 0 Å². The molecule has 0 bridgehead atoms. The summed E-state index contributed by atoms with van der Waals surface area (Å²) >= 11 is 1.78. The zero-order chi connectivity index (χ0) is 15.6. The molecule has 0 amide bonds. The van der Waals surface area contributed by atoms with E-state index in [9.17, 15) is 0 Å². The maximum absolute atomic E-state index is 5.87. The lowest BCUT2D eigenvalue weighted by Gasteiger charge is -2.13. The number of hydrogen-bond acceptors (Lipinski definition) is 3. The van der Waals surface area contributed by atoms with Crippen LogP contribution in [0.15, 0.2) is 58.4 Å². The van der Waals surface area contributed by atoms with Crippen molar-refractivity contribution in [2.75, 3.05) is 12.9 Å². The number of benzene rings is 2. The number of thioether (sulfide) groups is 1. The topological polar surface area (TPSA) is 21.6 Å². The van der Waals surface area contributed by atoms with Crippen LogP contribution in [0.3, 0.4) is 0 Å². The number of aliphatic imine (C=N–C) groups is 1. The lowest BCUT2D eigenvalue weighted by atomic mass is 9.99. The van der Waals surface area contributed by atoms with Crippen LogP contribution in [0.5, 0.6) is 0 Å². The summed E-state index contributed by atoms with van der Waals surface area (Å²) in [6, 6.07) is 17.0. The van der Waals surface area contributed by atoms with Crippen molar-refractivity contribution in [2.45, 2.75) is 30.7 Å². The third kappa shape index (κ3) is 3.20. The van der Waals surface area contributed by atoms with E-state index in [1.807, 2.05) is 0 Å². The normalized spacial score (nSPS) is 16.2. The van der Waals surface area contributed by atoms with Crippen molar-refractivity contribution in [3.8, 4) is 0 Å². The predicted molar refractivity (Wildman–Crippen MR) is 94.0 cm³/mol. The summed E-state index contributed by atoms with van der Waals surface area (Å²) < 4.78 is 5.87. The van der Waals surface area contributed by atoms with Crippen LogP contribution < -0.4 is 0 Å². The van der Waals surface area contributed by atoms with E-state index in [0.29, 0.717) is 6.61 Å². The Bertz CT molecular complexity index is 692. The van der Waals surface area contributed by atoms with Crippen LogP contribution in [0.2, 0.25) is 0 Å². The molecule has 3 heteroatoms. The molecule has 22 heavy (non-hydrogen) atoms. The van der Waals surface area contributed by atoms with Gasteiger partial charge in [0.25, 0.3) is 0 Å². The molecular formula is C19H21NOS. The Balaban J connectivity index is 2.04. The molecule has 0 aliphatic carbocycles. The third-order valence-corrected chi connectivity index (χ3v) is 4.60. The molecule has 0 N–H and O–H groups in total. The van der Waals surface area contributed by atoms with Gasteiger partial charge in [-0.15, -0.1) is 11.8 Å². The first-order valence-corrected chi connectivity index (χ1v) is 8.74. The first kappa shape index (κ1) is 15.2. The number of hydrogen-bond donors (Lipinski definition) is 0. The van der Waals surface area contributed by atoms with Gasteiger partial charge in [0.1, 0.15) is 6.61 Å². The predicted octanol–water partition coefficient (Wildman–Crippen LogP) is 4.55. The summed E-state index contributed by atoms with van der Waals surface area (Å²) in [4.78, 5) is 6.04. The summed E-state index contributed by atoms with van der Waals surface area (Å²) in [5.41, 5.74) is 3.61. The van der Waals surface area contributed by atoms with Gasteiger partial charge in [0.05, 0.1) is 5.54 Å². The molecule has 0 spiro atoms. The summed E-state index contributed by atoms with van der Waals surface area (Å²) in [6.07, 6.45) is 3.02. The molecule has 0 radical (unpaired) electrons. The van der Waals surface area contributed by atoms with Gasteiger partial charge < -0.3 is 4.74 Å². The van der Waals surface area contributed by atoms with Gasteiger partial charge in [-0.05, 0) is 49.8 Å². The zero-order valence-corrected chi connectivity index (χ0v) is 14.1. The van der Waals surface area contributed by atoms with Crippen LogP contribution in [0, 0.1) is 0 Å². The standard InChI is InChI=1S/C19H21NOS/c1-19(2)13-21-18(20-19)15-10-7-11-17(22-3)16(15)12-14-8-5-4-6-9-14/h4-11H,12-13H2,1-3H3. The van der Waals surface area contributed by atoms with E-state index in [-0.39, 0.29) is 5.54 Å². The first-order valence-electron chi connectivity index (χ1n) is 7.52. The fourth-order valence-corrected chi connectivity index (χ4v) is 3.31. The second kappa shape index (κ2) is 6.17. The van der Waals surface area contributed by atoms with Crippen LogP contribution in [0.25, 0.3) is 0 Å². The molecule has 1 aliphatic heterocycles. The Morgan fingerprint density at radius 3 is 2.50 bits per heavy atom. The molecule has 0 unspecified atom stereocenters. The number of nitrogens with zero attached hydrogens (tertiary/aromatic N) is 1. The highest BCUT2D eigenvalue weighted by Crippen LogP contribution is 2.29. The molecule has 0 saturated carbocycles. The Labute approximate surface area is 136 Å². The van der Waals surface area contributed by atoms with Crippen molar-refractivity contribution in [3.05, 3.63) is 65.2 Å². The zero-order valence-electron chi connectivity index (χ0n) is 13.3. The average Bonchev–Trinajstić information content (AvgIpc) is 2.88. The second-order valence-corrected chi connectivity index (χ2v) is 7.01. The molecule has 114 valence electrons. The van der Waals surface area contributed by atoms with E-state index in [0.717, 1.165) is 17.9 Å². The van der Waals surface area contributed by atoms with E-state index in [2.05, 4.69) is 68.6 Å². The van der Waals surface area contributed by atoms with Crippen molar-refractivity contribution in [3.63, 3.8) is 0 Å². The second-order valence-electron chi connectivity index (χ2n) is 6.17. The van der Waals surface area contributed by atoms with Crippen LogP contribution in [-0.4, -0.2) is 24.3 Å². The van der Waals surface area contributed by atoms with Gasteiger partial charge in [-0.25, -0.2) is 4.99 Å². The molecular weight excluding hydrogens is 290 g/mol. The Morgan fingerprint density at radius 2 is 1.86 bits per heavy atom. The number of ether oxygens (including phenoxy) is 1. The van der Waals surface area contributed by atoms with Gasteiger partial charge >= 0.3 is 0 Å². The molecule has 0 aromatic heterocycles. The molecule has 0 saturated heterocycles. The number of rotatable bonds is 4. The molecule has 2 aromatic carbocycles. The minimum absolute atomic E-state index is 0.130. The molecule has 3 rings (SSSR count). The molecule has 2 nitrogen and oxygen atoms in total. The summed E-state index contributed by atoms with van der Waals surface area (Å²) in [5.74, 6) is 0.784. The van der Waals surface area contributed by atoms with Crippen molar-refractivity contribution in [1.82, 2.24) is 0 Å². The molecule has 0 fully saturated rings. The summed E-state index contributed by atoms with van der Waals surface area (Å²) in [6.45, 7) is 4.86. The van der Waals surface area contributed by atoms with E-state index in [1.54, 1.807) is 11.8 Å². The average molecular weight is 311 g/mol. The lowest BCUT2D eigenvalue weighted by Crippen LogP contribution is -2.17. The van der Waals surface area contributed by atoms with Gasteiger partial charge in [0.15, 0.2) is 0 Å². The fourth-order valence-electron chi connectivity index (χ4n) is 2.66. The maximum atomic E-state index is 5.87. The van der Waals surface area contributed by atoms with Crippen molar-refractivity contribution >= 4 is 17.7 Å². The minimum atomic E-state index is -0.130. The van der Waals surface area contributed by atoms with Crippen molar-refractivity contribution in [1.29, 1.82) is 0 Å². The third-order valence-electron chi connectivity index (χ3n) is 3.77. The molecule has 1 heterocycles. The quantitative estimate of drug-likeness (QED) is 0.772. The lowest BCUT2D eigenvalue weighted by molar-refractivity contribution is 0.279. The Morgan fingerprint density at radius 1 is 1.09 bits per heavy atom. The monoisotopic (exact) mass is 311 g/mol. The highest BCUT2D eigenvalue weighted by molar-refractivity contribution is 7.98. The SMILES string of the molecule is CSc1cccc(C2=NC(C)(C)CO2)c1Cc1ccccc1. The maximum Gasteiger partial charge on any atom is 0.217 e. The highest BCUT2D eigenvalue weighted by atomic mass is 32.2. The van der Waals surface area contributed by atoms with Crippen LogP contribution in [0.4, 0.5) is 0 Å². The Hall–Kier alpha value is -1.74. The van der Waals surface area contributed by atoms with Gasteiger partial charge in [0.2, 0.25) is 5.90 Å². The van der Waals surface area contributed by atoms with E-state index in [1.165, 1.54) is 16.0 Å². The Kier molecular flexibility index (Phi) is 4.25.